The van der Waals surface area contributed by atoms with Gasteiger partial charge in [-0.05, 0) is 43.4 Å². The highest BCUT2D eigenvalue weighted by molar-refractivity contribution is 9.09. The summed E-state index contributed by atoms with van der Waals surface area (Å²) in [5.41, 5.74) is 0.796. The average molecular weight is 314 g/mol. The first-order chi connectivity index (χ1) is 8.20. The van der Waals surface area contributed by atoms with Crippen LogP contribution in [0.4, 0.5) is 0 Å². The van der Waals surface area contributed by atoms with E-state index in [2.05, 4.69) is 15.9 Å². The van der Waals surface area contributed by atoms with Gasteiger partial charge < -0.3 is 4.90 Å². The van der Waals surface area contributed by atoms with Crippen LogP contribution in [0.1, 0.15) is 23.2 Å². The normalized spacial score (nSPS) is 20.4. The first-order valence-electron chi connectivity index (χ1n) is 5.78. The maximum Gasteiger partial charge on any atom is 0.253 e. The lowest BCUT2D eigenvalue weighted by molar-refractivity contribution is 0.0730. The molecule has 92 valence electrons. The summed E-state index contributed by atoms with van der Waals surface area (Å²) >= 11 is 5.29. The highest BCUT2D eigenvalue weighted by Gasteiger charge is 2.22. The number of hydrogen-bond donors (Lipinski definition) is 0. The van der Waals surface area contributed by atoms with E-state index >= 15 is 0 Å². The number of carbonyl (C=O) groups is 1. The number of thioether (sulfide) groups is 1. The van der Waals surface area contributed by atoms with E-state index in [1.165, 1.54) is 4.90 Å². The van der Waals surface area contributed by atoms with Crippen molar-refractivity contribution in [1.29, 1.82) is 0 Å². The summed E-state index contributed by atoms with van der Waals surface area (Å²) in [7, 11) is 0. The quantitative estimate of drug-likeness (QED) is 0.616. The largest absolute Gasteiger partial charge is 0.338 e. The van der Waals surface area contributed by atoms with Gasteiger partial charge in [-0.15, -0.1) is 11.8 Å². The Bertz CT molecular complexity index is 393. The molecule has 17 heavy (non-hydrogen) atoms. The van der Waals surface area contributed by atoms with E-state index in [4.69, 9.17) is 0 Å². The average Bonchev–Trinajstić information content (AvgIpc) is 2.38. The zero-order valence-electron chi connectivity index (χ0n) is 9.86. The van der Waals surface area contributed by atoms with E-state index in [0.717, 1.165) is 31.5 Å². The van der Waals surface area contributed by atoms with Crippen LogP contribution in [0, 0.1) is 0 Å². The number of halogens is 1. The van der Waals surface area contributed by atoms with Crippen molar-refractivity contribution < 1.29 is 4.79 Å². The molecule has 0 radical (unpaired) electrons. The van der Waals surface area contributed by atoms with E-state index in [-0.39, 0.29) is 5.91 Å². The second kappa shape index (κ2) is 5.91. The van der Waals surface area contributed by atoms with Crippen molar-refractivity contribution in [2.75, 3.05) is 19.3 Å². The highest BCUT2D eigenvalue weighted by Crippen LogP contribution is 2.20. The van der Waals surface area contributed by atoms with E-state index in [0.29, 0.717) is 4.83 Å². The van der Waals surface area contributed by atoms with Crippen LogP contribution in [-0.4, -0.2) is 35.0 Å². The number of hydrogen-bond acceptors (Lipinski definition) is 2. The van der Waals surface area contributed by atoms with Crippen LogP contribution in [0.2, 0.25) is 0 Å². The summed E-state index contributed by atoms with van der Waals surface area (Å²) in [6.45, 7) is 1.70. The number of nitrogens with zero attached hydrogens (tertiary/aromatic N) is 1. The predicted molar refractivity (Wildman–Crippen MR) is 76.1 cm³/mol. The van der Waals surface area contributed by atoms with Crippen LogP contribution < -0.4 is 0 Å². The van der Waals surface area contributed by atoms with Gasteiger partial charge in [-0.25, -0.2) is 0 Å². The van der Waals surface area contributed by atoms with Gasteiger partial charge in [-0.3, -0.25) is 4.79 Å². The zero-order valence-corrected chi connectivity index (χ0v) is 12.3. The molecule has 1 aliphatic rings. The molecule has 0 bridgehead atoms. The first kappa shape index (κ1) is 13.0. The summed E-state index contributed by atoms with van der Waals surface area (Å²) in [6, 6.07) is 7.86. The fourth-order valence-corrected chi connectivity index (χ4v) is 3.11. The van der Waals surface area contributed by atoms with Gasteiger partial charge in [-0.2, -0.15) is 0 Å². The second-order valence-electron chi connectivity index (χ2n) is 4.22. The molecule has 0 spiro atoms. The molecule has 1 saturated heterocycles. The van der Waals surface area contributed by atoms with Gasteiger partial charge in [0.1, 0.15) is 0 Å². The van der Waals surface area contributed by atoms with Gasteiger partial charge in [0.15, 0.2) is 0 Å². The molecule has 0 saturated carbocycles. The molecule has 0 N–H and O–H groups in total. The lowest BCUT2D eigenvalue weighted by Crippen LogP contribution is -2.40. The first-order valence-corrected chi connectivity index (χ1v) is 7.92. The van der Waals surface area contributed by atoms with Gasteiger partial charge in [0.25, 0.3) is 5.91 Å². The van der Waals surface area contributed by atoms with Crippen LogP contribution in [0.15, 0.2) is 29.2 Å². The van der Waals surface area contributed by atoms with Gasteiger partial charge >= 0.3 is 0 Å². The zero-order chi connectivity index (χ0) is 12.3. The third-order valence-corrected chi connectivity index (χ3v) is 4.48. The third kappa shape index (κ3) is 3.26. The lowest BCUT2D eigenvalue weighted by Gasteiger charge is -2.30. The Morgan fingerprint density at radius 1 is 1.41 bits per heavy atom. The van der Waals surface area contributed by atoms with Crippen molar-refractivity contribution in [2.24, 2.45) is 0 Å². The Hall–Kier alpha value is -0.480. The Morgan fingerprint density at radius 2 is 2.12 bits per heavy atom. The van der Waals surface area contributed by atoms with Crippen molar-refractivity contribution >= 4 is 33.6 Å². The summed E-state index contributed by atoms with van der Waals surface area (Å²) in [6.07, 6.45) is 4.29. The lowest BCUT2D eigenvalue weighted by atomic mass is 10.1. The standard InChI is InChI=1S/C13H16BrNOS/c1-17-12-6-4-10(5-7-12)13(16)15-8-2-3-11(14)9-15/h4-7,11H,2-3,8-9H2,1H3. The molecule has 1 unspecified atom stereocenters. The van der Waals surface area contributed by atoms with E-state index in [9.17, 15) is 4.79 Å². The summed E-state index contributed by atoms with van der Waals surface area (Å²) in [5, 5.41) is 0. The fraction of sp³-hybridized carbons (Fsp3) is 0.462. The van der Waals surface area contributed by atoms with Gasteiger partial charge in [0.05, 0.1) is 0 Å². The summed E-state index contributed by atoms with van der Waals surface area (Å²) in [5.74, 6) is 0.154. The van der Waals surface area contributed by atoms with Crippen molar-refractivity contribution in [3.8, 4) is 0 Å². The molecule has 1 fully saturated rings. The van der Waals surface area contributed by atoms with Crippen LogP contribution in [0.25, 0.3) is 0 Å². The maximum absolute atomic E-state index is 12.2. The topological polar surface area (TPSA) is 20.3 Å². The molecule has 1 aliphatic heterocycles. The highest BCUT2D eigenvalue weighted by atomic mass is 79.9. The van der Waals surface area contributed by atoms with Gasteiger partial charge in [0, 0.05) is 28.4 Å². The molecule has 0 aliphatic carbocycles. The molecule has 1 aromatic rings. The van der Waals surface area contributed by atoms with Crippen LogP contribution in [0.3, 0.4) is 0 Å². The molecule has 1 heterocycles. The number of benzene rings is 1. The Kier molecular flexibility index (Phi) is 4.51. The number of amides is 1. The minimum Gasteiger partial charge on any atom is -0.338 e. The second-order valence-corrected chi connectivity index (χ2v) is 6.39. The SMILES string of the molecule is CSc1ccc(C(=O)N2CCCC(Br)C2)cc1. The number of likely N-dealkylation sites (tertiary alicyclic amines) is 1. The van der Waals surface area contributed by atoms with Crippen LogP contribution >= 0.6 is 27.7 Å². The fourth-order valence-electron chi connectivity index (χ4n) is 2.03. The third-order valence-electron chi connectivity index (χ3n) is 2.99. The maximum atomic E-state index is 12.2. The van der Waals surface area contributed by atoms with E-state index < -0.39 is 0 Å². The van der Waals surface area contributed by atoms with Crippen LogP contribution in [-0.2, 0) is 0 Å². The van der Waals surface area contributed by atoms with Gasteiger partial charge in [0.2, 0.25) is 0 Å². The molecule has 1 atom stereocenters. The van der Waals surface area contributed by atoms with Crippen molar-refractivity contribution in [1.82, 2.24) is 4.90 Å². The number of rotatable bonds is 2. The number of carbonyl (C=O) groups excluding carboxylic acids is 1. The number of alkyl halides is 1. The Balaban J connectivity index is 2.07. The molecule has 1 amide bonds. The summed E-state index contributed by atoms with van der Waals surface area (Å²) < 4.78 is 0. The van der Waals surface area contributed by atoms with Crippen molar-refractivity contribution in [3.05, 3.63) is 29.8 Å². The van der Waals surface area contributed by atoms with Gasteiger partial charge in [-0.1, -0.05) is 15.9 Å². The Labute approximate surface area is 115 Å². The predicted octanol–water partition coefficient (Wildman–Crippen LogP) is 3.41. The molecule has 1 aromatic carbocycles. The molecule has 4 heteroatoms. The Morgan fingerprint density at radius 3 is 2.71 bits per heavy atom. The minimum atomic E-state index is 0.154. The minimum absolute atomic E-state index is 0.154. The van der Waals surface area contributed by atoms with Crippen molar-refractivity contribution in [3.63, 3.8) is 0 Å². The molecule has 2 nitrogen and oxygen atoms in total. The molecule has 0 aromatic heterocycles. The molecular weight excluding hydrogens is 298 g/mol. The van der Waals surface area contributed by atoms with E-state index in [1.54, 1.807) is 11.8 Å². The van der Waals surface area contributed by atoms with E-state index in [1.807, 2.05) is 35.4 Å². The number of piperidine rings is 1. The van der Waals surface area contributed by atoms with Crippen LogP contribution in [0.5, 0.6) is 0 Å². The van der Waals surface area contributed by atoms with Crippen molar-refractivity contribution in [2.45, 2.75) is 22.6 Å². The summed E-state index contributed by atoms with van der Waals surface area (Å²) in [4.78, 5) is 15.8. The molecule has 2 rings (SSSR count). The molecular formula is C13H16BrNOS. The monoisotopic (exact) mass is 313 g/mol. The smallest absolute Gasteiger partial charge is 0.253 e.